The maximum atomic E-state index is 13.1. The monoisotopic (exact) mass is 386 g/mol. The van der Waals surface area contributed by atoms with Gasteiger partial charge in [-0.15, -0.1) is 11.3 Å². The number of carbonyl (C=O) groups is 1. The molecule has 4 aromatic rings. The fourth-order valence-corrected chi connectivity index (χ4v) is 4.18. The van der Waals surface area contributed by atoms with E-state index in [4.69, 9.17) is 0 Å². The quantitative estimate of drug-likeness (QED) is 0.439. The van der Waals surface area contributed by atoms with Crippen molar-refractivity contribution in [2.24, 2.45) is 0 Å². The van der Waals surface area contributed by atoms with Crippen LogP contribution >= 0.6 is 11.3 Å². The van der Waals surface area contributed by atoms with Crippen molar-refractivity contribution in [3.05, 3.63) is 100 Å². The number of thiophene rings is 1. The number of aryl methyl sites for hydroxylation is 1. The van der Waals surface area contributed by atoms with Crippen LogP contribution in [0.5, 0.6) is 0 Å². The summed E-state index contributed by atoms with van der Waals surface area (Å²) >= 11 is 1.73. The van der Waals surface area contributed by atoms with E-state index >= 15 is 0 Å². The highest BCUT2D eigenvalue weighted by molar-refractivity contribution is 7.09. The fourth-order valence-electron chi connectivity index (χ4n) is 3.48. The van der Waals surface area contributed by atoms with Gasteiger partial charge in [0.1, 0.15) is 0 Å². The Hall–Kier alpha value is -3.11. The maximum Gasteiger partial charge on any atom is 0.257 e. The first-order chi connectivity index (χ1) is 13.6. The molecule has 28 heavy (non-hydrogen) atoms. The Bertz CT molecular complexity index is 1100. The predicted molar refractivity (Wildman–Crippen MR) is 117 cm³/mol. The molecule has 140 valence electrons. The molecule has 0 saturated heterocycles. The predicted octanol–water partition coefficient (Wildman–Crippen LogP) is 6.13. The smallest absolute Gasteiger partial charge is 0.257 e. The topological polar surface area (TPSA) is 34.0 Å². The summed E-state index contributed by atoms with van der Waals surface area (Å²) in [5, 5.41) is 5.20. The van der Waals surface area contributed by atoms with E-state index in [-0.39, 0.29) is 5.91 Å². The molecule has 0 bridgehead atoms. The highest BCUT2D eigenvalue weighted by atomic mass is 32.1. The van der Waals surface area contributed by atoms with Crippen molar-refractivity contribution in [2.45, 2.75) is 20.4 Å². The van der Waals surface area contributed by atoms with Gasteiger partial charge in [0.05, 0.1) is 12.1 Å². The Balaban J connectivity index is 1.62. The van der Waals surface area contributed by atoms with E-state index in [9.17, 15) is 4.79 Å². The molecule has 2 aromatic heterocycles. The second-order valence-corrected chi connectivity index (χ2v) is 7.85. The molecular formula is C24H22N2OS. The molecule has 0 saturated carbocycles. The average molecular weight is 387 g/mol. The Morgan fingerprint density at radius 2 is 1.71 bits per heavy atom. The lowest BCUT2D eigenvalue weighted by molar-refractivity contribution is 0.102. The number of anilines is 1. The summed E-state index contributed by atoms with van der Waals surface area (Å²) in [4.78, 5) is 14.3. The van der Waals surface area contributed by atoms with Gasteiger partial charge < -0.3 is 9.88 Å². The minimum atomic E-state index is -0.0751. The van der Waals surface area contributed by atoms with Crippen molar-refractivity contribution in [2.75, 3.05) is 5.32 Å². The number of nitrogens with zero attached hydrogens (tertiary/aromatic N) is 1. The molecule has 1 amide bonds. The van der Waals surface area contributed by atoms with Gasteiger partial charge in [-0.25, -0.2) is 0 Å². The van der Waals surface area contributed by atoms with Crippen molar-refractivity contribution in [3.63, 3.8) is 0 Å². The summed E-state index contributed by atoms with van der Waals surface area (Å²) in [5.74, 6) is -0.0751. The number of aromatic nitrogens is 1. The normalized spacial score (nSPS) is 10.8. The van der Waals surface area contributed by atoms with Crippen LogP contribution in [0.4, 0.5) is 5.69 Å². The lowest BCUT2D eigenvalue weighted by Crippen LogP contribution is -2.14. The molecule has 0 spiro atoms. The van der Waals surface area contributed by atoms with Crippen molar-refractivity contribution >= 4 is 22.9 Å². The molecule has 0 aliphatic rings. The molecule has 0 radical (unpaired) electrons. The summed E-state index contributed by atoms with van der Waals surface area (Å²) in [7, 11) is 0. The number of benzene rings is 2. The number of carbonyl (C=O) groups excluding carboxylic acids is 1. The molecule has 2 aromatic carbocycles. The van der Waals surface area contributed by atoms with Crippen LogP contribution in [0, 0.1) is 13.8 Å². The first-order valence-corrected chi connectivity index (χ1v) is 10.2. The summed E-state index contributed by atoms with van der Waals surface area (Å²) in [5.41, 5.74) is 5.72. The minimum Gasteiger partial charge on any atom is -0.343 e. The Morgan fingerprint density at radius 3 is 2.46 bits per heavy atom. The molecule has 1 N–H and O–H groups in total. The van der Waals surface area contributed by atoms with Crippen LogP contribution in [0.3, 0.4) is 0 Å². The summed E-state index contributed by atoms with van der Waals surface area (Å²) in [6, 6.07) is 24.2. The molecule has 0 fully saturated rings. The SMILES string of the molecule is Cc1cc(C(=O)Nc2ccccc2-c2ccccc2)c(C)n1Cc1cccs1. The van der Waals surface area contributed by atoms with Crippen LogP contribution in [0.1, 0.15) is 26.6 Å². The zero-order valence-electron chi connectivity index (χ0n) is 16.0. The molecule has 4 rings (SSSR count). The van der Waals surface area contributed by atoms with Gasteiger partial charge in [0.2, 0.25) is 0 Å². The van der Waals surface area contributed by atoms with E-state index in [1.165, 1.54) is 4.88 Å². The first-order valence-electron chi connectivity index (χ1n) is 9.28. The van der Waals surface area contributed by atoms with E-state index in [1.807, 2.05) is 55.5 Å². The number of rotatable bonds is 5. The van der Waals surface area contributed by atoms with Crippen molar-refractivity contribution in [3.8, 4) is 11.1 Å². The largest absolute Gasteiger partial charge is 0.343 e. The van der Waals surface area contributed by atoms with Gasteiger partial charge in [0, 0.05) is 27.5 Å². The van der Waals surface area contributed by atoms with Gasteiger partial charge >= 0.3 is 0 Å². The molecule has 3 nitrogen and oxygen atoms in total. The molecule has 0 atom stereocenters. The lowest BCUT2D eigenvalue weighted by atomic mass is 10.0. The molecule has 0 aliphatic heterocycles. The third-order valence-corrected chi connectivity index (χ3v) is 5.83. The second kappa shape index (κ2) is 7.87. The Morgan fingerprint density at radius 1 is 0.964 bits per heavy atom. The van der Waals surface area contributed by atoms with Crippen molar-refractivity contribution in [1.82, 2.24) is 4.57 Å². The van der Waals surface area contributed by atoms with E-state index in [1.54, 1.807) is 11.3 Å². The van der Waals surface area contributed by atoms with Gasteiger partial charge in [-0.05, 0) is 43.0 Å². The van der Waals surface area contributed by atoms with E-state index in [2.05, 4.69) is 46.5 Å². The first kappa shape index (κ1) is 18.3. The van der Waals surface area contributed by atoms with Crippen molar-refractivity contribution in [1.29, 1.82) is 0 Å². The Kier molecular flexibility index (Phi) is 5.13. The maximum absolute atomic E-state index is 13.1. The highest BCUT2D eigenvalue weighted by Gasteiger charge is 2.17. The van der Waals surface area contributed by atoms with Crippen LogP contribution < -0.4 is 5.32 Å². The third kappa shape index (κ3) is 3.64. The molecule has 2 heterocycles. The van der Waals surface area contributed by atoms with Crippen molar-refractivity contribution < 1.29 is 4.79 Å². The van der Waals surface area contributed by atoms with Gasteiger partial charge in [-0.3, -0.25) is 4.79 Å². The number of hydrogen-bond acceptors (Lipinski definition) is 2. The average Bonchev–Trinajstić information content (AvgIpc) is 3.33. The van der Waals surface area contributed by atoms with E-state index in [0.717, 1.165) is 40.3 Å². The van der Waals surface area contributed by atoms with Gasteiger partial charge in [0.15, 0.2) is 0 Å². The number of para-hydroxylation sites is 1. The number of amides is 1. The summed E-state index contributed by atoms with van der Waals surface area (Å²) in [6.45, 7) is 4.86. The molecule has 0 unspecified atom stereocenters. The number of hydrogen-bond donors (Lipinski definition) is 1. The van der Waals surface area contributed by atoms with Crippen LogP contribution in [-0.4, -0.2) is 10.5 Å². The second-order valence-electron chi connectivity index (χ2n) is 6.82. The summed E-state index contributed by atoms with van der Waals surface area (Å²) < 4.78 is 2.20. The van der Waals surface area contributed by atoms with Gasteiger partial charge in [-0.1, -0.05) is 54.6 Å². The minimum absolute atomic E-state index is 0.0751. The van der Waals surface area contributed by atoms with Gasteiger partial charge in [-0.2, -0.15) is 0 Å². The van der Waals surface area contributed by atoms with E-state index < -0.39 is 0 Å². The van der Waals surface area contributed by atoms with E-state index in [0.29, 0.717) is 0 Å². The molecule has 4 heteroatoms. The van der Waals surface area contributed by atoms with Crippen LogP contribution in [0.2, 0.25) is 0 Å². The lowest BCUT2D eigenvalue weighted by Gasteiger charge is -2.12. The molecular weight excluding hydrogens is 364 g/mol. The zero-order valence-corrected chi connectivity index (χ0v) is 16.8. The highest BCUT2D eigenvalue weighted by Crippen LogP contribution is 2.28. The standard InChI is InChI=1S/C24H22N2OS/c1-17-15-22(18(2)26(17)16-20-11-8-14-28-20)24(27)25-23-13-7-6-12-21(23)19-9-4-3-5-10-19/h3-15H,16H2,1-2H3,(H,25,27). The third-order valence-electron chi connectivity index (χ3n) is 4.97. The van der Waals surface area contributed by atoms with Crippen LogP contribution in [0.15, 0.2) is 78.2 Å². The summed E-state index contributed by atoms with van der Waals surface area (Å²) in [6.07, 6.45) is 0. The Labute approximate surface area is 169 Å². The van der Waals surface area contributed by atoms with Gasteiger partial charge in [0.25, 0.3) is 5.91 Å². The molecule has 0 aliphatic carbocycles. The zero-order chi connectivity index (χ0) is 19.5. The fraction of sp³-hybridized carbons (Fsp3) is 0.125. The number of nitrogens with one attached hydrogen (secondary N) is 1. The van der Waals surface area contributed by atoms with Crippen LogP contribution in [0.25, 0.3) is 11.1 Å². The van der Waals surface area contributed by atoms with Crippen LogP contribution in [-0.2, 0) is 6.54 Å².